The first-order valence-corrected chi connectivity index (χ1v) is 7.02. The lowest BCUT2D eigenvalue weighted by Crippen LogP contribution is -2.19. The van der Waals surface area contributed by atoms with Crippen LogP contribution in [-0.4, -0.2) is 11.8 Å². The quantitative estimate of drug-likeness (QED) is 0.750. The molecule has 1 N–H and O–H groups in total. The third-order valence-corrected chi connectivity index (χ3v) is 3.60. The van der Waals surface area contributed by atoms with Crippen LogP contribution in [0.25, 0.3) is 11.3 Å². The smallest absolute Gasteiger partial charge is 0.259 e. The highest BCUT2D eigenvalue weighted by molar-refractivity contribution is 6.21. The van der Waals surface area contributed by atoms with Crippen molar-refractivity contribution in [1.29, 1.82) is 0 Å². The molecule has 0 unspecified atom stereocenters. The Bertz CT molecular complexity index is 895. The second kappa shape index (κ2) is 5.14. The largest absolute Gasteiger partial charge is 0.464 e. The summed E-state index contributed by atoms with van der Waals surface area (Å²) in [6.07, 6.45) is 1.62. The molecule has 0 bridgehead atoms. The zero-order valence-corrected chi connectivity index (χ0v) is 11.9. The van der Waals surface area contributed by atoms with Crippen molar-refractivity contribution in [2.24, 2.45) is 0 Å². The molecule has 1 aromatic heterocycles. The Kier molecular flexibility index (Phi) is 2.98. The Hall–Kier alpha value is -3.34. The molecule has 23 heavy (non-hydrogen) atoms. The number of hydrogen-bond donors (Lipinski definition) is 1. The summed E-state index contributed by atoms with van der Waals surface area (Å²) in [5.74, 6) is 1.14. The van der Waals surface area contributed by atoms with Crippen LogP contribution >= 0.6 is 0 Å². The van der Waals surface area contributed by atoms with Gasteiger partial charge in [0.1, 0.15) is 17.3 Å². The summed E-state index contributed by atoms with van der Waals surface area (Å²) in [6, 6.07) is 15.9. The summed E-state index contributed by atoms with van der Waals surface area (Å²) in [6.45, 7) is 0. The lowest BCUT2D eigenvalue weighted by Gasteiger charge is -2.07. The Morgan fingerprint density at radius 2 is 1.57 bits per heavy atom. The molecule has 3 aromatic rings. The van der Waals surface area contributed by atoms with Gasteiger partial charge in [-0.15, -0.1) is 0 Å². The minimum atomic E-state index is -0.399. The number of hydrogen-bond acceptors (Lipinski definition) is 4. The van der Waals surface area contributed by atoms with Crippen LogP contribution in [0.15, 0.2) is 65.3 Å². The third-order valence-electron chi connectivity index (χ3n) is 3.60. The molecule has 112 valence electrons. The second-order valence-corrected chi connectivity index (χ2v) is 5.09. The number of amides is 2. The highest BCUT2D eigenvalue weighted by atomic mass is 16.5. The van der Waals surface area contributed by atoms with Crippen molar-refractivity contribution in [1.82, 2.24) is 5.32 Å². The van der Waals surface area contributed by atoms with Crippen LogP contribution in [0.5, 0.6) is 11.5 Å². The second-order valence-electron chi connectivity index (χ2n) is 5.09. The molecule has 2 heterocycles. The highest BCUT2D eigenvalue weighted by Gasteiger charge is 2.26. The predicted molar refractivity (Wildman–Crippen MR) is 82.5 cm³/mol. The van der Waals surface area contributed by atoms with E-state index in [2.05, 4.69) is 5.32 Å². The van der Waals surface area contributed by atoms with E-state index in [1.165, 1.54) is 0 Å². The number of imide groups is 1. The minimum absolute atomic E-state index is 0.333. The fraction of sp³-hybridized carbons (Fsp3) is 0. The predicted octanol–water partition coefficient (Wildman–Crippen LogP) is 3.62. The van der Waals surface area contributed by atoms with Crippen LogP contribution in [0.1, 0.15) is 20.7 Å². The number of carbonyl (C=O) groups excluding carboxylic acids is 2. The molecule has 0 spiro atoms. The first kappa shape index (κ1) is 13.3. The zero-order valence-electron chi connectivity index (χ0n) is 11.9. The van der Waals surface area contributed by atoms with Crippen LogP contribution in [0, 0.1) is 0 Å². The monoisotopic (exact) mass is 305 g/mol. The van der Waals surface area contributed by atoms with Crippen molar-refractivity contribution >= 4 is 11.8 Å². The van der Waals surface area contributed by atoms with Crippen LogP contribution in [-0.2, 0) is 0 Å². The van der Waals surface area contributed by atoms with Crippen molar-refractivity contribution in [3.05, 3.63) is 72.0 Å². The lowest BCUT2D eigenvalue weighted by atomic mass is 10.1. The van der Waals surface area contributed by atoms with Gasteiger partial charge in [0.15, 0.2) is 0 Å². The van der Waals surface area contributed by atoms with Crippen LogP contribution in [0.2, 0.25) is 0 Å². The Morgan fingerprint density at radius 1 is 0.826 bits per heavy atom. The lowest BCUT2D eigenvalue weighted by molar-refractivity contribution is 0.0879. The topological polar surface area (TPSA) is 68.5 Å². The van der Waals surface area contributed by atoms with Gasteiger partial charge in [0, 0.05) is 5.56 Å². The van der Waals surface area contributed by atoms with E-state index in [9.17, 15) is 9.59 Å². The number of nitrogens with one attached hydrogen (secondary N) is 1. The fourth-order valence-corrected chi connectivity index (χ4v) is 2.48. The maximum absolute atomic E-state index is 11.7. The van der Waals surface area contributed by atoms with Gasteiger partial charge in [-0.3, -0.25) is 14.9 Å². The molecular formula is C18H11NO4. The van der Waals surface area contributed by atoms with E-state index in [0.717, 1.165) is 11.3 Å². The molecule has 5 heteroatoms. The van der Waals surface area contributed by atoms with Crippen LogP contribution in [0.3, 0.4) is 0 Å². The fourth-order valence-electron chi connectivity index (χ4n) is 2.48. The number of furan rings is 1. The van der Waals surface area contributed by atoms with Crippen molar-refractivity contribution in [2.45, 2.75) is 0 Å². The summed E-state index contributed by atoms with van der Waals surface area (Å²) >= 11 is 0. The zero-order chi connectivity index (χ0) is 15.8. The molecule has 0 saturated heterocycles. The van der Waals surface area contributed by atoms with Gasteiger partial charge >= 0.3 is 0 Å². The molecule has 2 amide bonds. The summed E-state index contributed by atoms with van der Waals surface area (Å²) in [5.41, 5.74) is 1.65. The average Bonchev–Trinajstić information content (AvgIpc) is 3.18. The van der Waals surface area contributed by atoms with E-state index >= 15 is 0 Å². The van der Waals surface area contributed by atoms with Gasteiger partial charge in [0.25, 0.3) is 11.8 Å². The van der Waals surface area contributed by atoms with Gasteiger partial charge in [-0.2, -0.15) is 0 Å². The number of carbonyl (C=O) groups is 2. The molecule has 5 nitrogen and oxygen atoms in total. The van der Waals surface area contributed by atoms with E-state index in [1.54, 1.807) is 24.5 Å². The summed E-state index contributed by atoms with van der Waals surface area (Å²) < 4.78 is 11.1. The minimum Gasteiger partial charge on any atom is -0.464 e. The van der Waals surface area contributed by atoms with Crippen molar-refractivity contribution < 1.29 is 18.7 Å². The van der Waals surface area contributed by atoms with Gasteiger partial charge in [0.2, 0.25) is 0 Å². The van der Waals surface area contributed by atoms with E-state index in [1.807, 2.05) is 36.4 Å². The Labute approximate surface area is 131 Å². The van der Waals surface area contributed by atoms with Gasteiger partial charge in [-0.1, -0.05) is 0 Å². The number of fused-ring (bicyclic) bond motifs is 1. The van der Waals surface area contributed by atoms with E-state index in [4.69, 9.17) is 9.15 Å². The number of rotatable bonds is 3. The molecule has 4 rings (SSSR count). The van der Waals surface area contributed by atoms with Crippen LogP contribution < -0.4 is 10.1 Å². The third kappa shape index (κ3) is 2.38. The van der Waals surface area contributed by atoms with Gasteiger partial charge in [0.05, 0.1) is 17.4 Å². The molecule has 0 saturated carbocycles. The van der Waals surface area contributed by atoms with E-state index < -0.39 is 5.91 Å². The Balaban J connectivity index is 1.58. The molecule has 0 radical (unpaired) electrons. The number of benzene rings is 2. The molecule has 0 atom stereocenters. The number of ether oxygens (including phenoxy) is 1. The van der Waals surface area contributed by atoms with E-state index in [0.29, 0.717) is 22.6 Å². The van der Waals surface area contributed by atoms with Crippen molar-refractivity contribution in [3.8, 4) is 22.8 Å². The van der Waals surface area contributed by atoms with Gasteiger partial charge in [-0.05, 0) is 54.6 Å². The SMILES string of the molecule is O=C1NC(=O)c2cc(Oc3ccc(-c4ccco4)cc3)ccc21. The first-order valence-electron chi connectivity index (χ1n) is 7.02. The molecule has 2 aromatic carbocycles. The summed E-state index contributed by atoms with van der Waals surface area (Å²) in [7, 11) is 0. The maximum Gasteiger partial charge on any atom is 0.259 e. The molecule has 1 aliphatic heterocycles. The highest BCUT2D eigenvalue weighted by Crippen LogP contribution is 2.28. The van der Waals surface area contributed by atoms with E-state index in [-0.39, 0.29) is 5.91 Å². The van der Waals surface area contributed by atoms with Crippen LogP contribution in [0.4, 0.5) is 0 Å². The summed E-state index contributed by atoms with van der Waals surface area (Å²) in [4.78, 5) is 23.2. The molecule has 1 aliphatic rings. The average molecular weight is 305 g/mol. The molecular weight excluding hydrogens is 294 g/mol. The Morgan fingerprint density at radius 3 is 2.30 bits per heavy atom. The van der Waals surface area contributed by atoms with Crippen molar-refractivity contribution in [3.63, 3.8) is 0 Å². The van der Waals surface area contributed by atoms with Gasteiger partial charge < -0.3 is 9.15 Å². The normalized spacial score (nSPS) is 12.9. The molecule has 0 aliphatic carbocycles. The first-order chi connectivity index (χ1) is 11.2. The molecule has 0 fully saturated rings. The maximum atomic E-state index is 11.7. The standard InChI is InChI=1S/C18H11NO4/c20-17-14-8-7-13(10-15(14)18(21)19-17)23-12-5-3-11(4-6-12)16-2-1-9-22-16/h1-10H,(H,19,20,21). The summed E-state index contributed by atoms with van der Waals surface area (Å²) in [5, 5.41) is 2.25. The van der Waals surface area contributed by atoms with Gasteiger partial charge in [-0.25, -0.2) is 0 Å². The van der Waals surface area contributed by atoms with Crippen molar-refractivity contribution in [2.75, 3.05) is 0 Å².